The van der Waals surface area contributed by atoms with Crippen LogP contribution in [0.25, 0.3) is 10.2 Å². The number of ether oxygens (including phenoxy) is 2. The quantitative estimate of drug-likeness (QED) is 0.607. The number of thiazole rings is 1. The minimum Gasteiger partial charge on any atom is -0.497 e. The Morgan fingerprint density at radius 1 is 1.14 bits per heavy atom. The monoisotopic (exact) mass is 421 g/mol. The fourth-order valence-electron chi connectivity index (χ4n) is 2.54. The van der Waals surface area contributed by atoms with Crippen molar-refractivity contribution in [2.45, 2.75) is 11.8 Å². The minimum absolute atomic E-state index is 0.0791. The number of sulfonamides is 1. The normalized spacial score (nSPS) is 11.4. The number of anilines is 1. The van der Waals surface area contributed by atoms with Gasteiger partial charge in [-0.15, -0.1) is 11.3 Å². The van der Waals surface area contributed by atoms with Crippen LogP contribution in [0.3, 0.4) is 0 Å². The molecule has 3 rings (SSSR count). The lowest BCUT2D eigenvalue weighted by atomic mass is 10.2. The van der Waals surface area contributed by atoms with E-state index in [1.165, 1.54) is 31.6 Å². The standard InChI is InChI=1S/C18H19N3O5S2/c1-11-20-14-6-5-13(9-17(14)27-11)28(23,24)19-10-18(22)21-15-8-12(25-2)4-7-16(15)26-3/h4-9,19H,10H2,1-3H3,(H,21,22). The van der Waals surface area contributed by atoms with Gasteiger partial charge >= 0.3 is 0 Å². The van der Waals surface area contributed by atoms with Gasteiger partial charge in [-0.2, -0.15) is 0 Å². The van der Waals surface area contributed by atoms with Crippen molar-refractivity contribution < 1.29 is 22.7 Å². The fraction of sp³-hybridized carbons (Fsp3) is 0.222. The van der Waals surface area contributed by atoms with Gasteiger partial charge in [0.05, 0.1) is 46.6 Å². The summed E-state index contributed by atoms with van der Waals surface area (Å²) in [4.78, 5) is 16.6. The Hall–Kier alpha value is -2.69. The number of methoxy groups -OCH3 is 2. The molecule has 0 aliphatic carbocycles. The van der Waals surface area contributed by atoms with Crippen LogP contribution in [0.2, 0.25) is 0 Å². The van der Waals surface area contributed by atoms with Crippen LogP contribution in [0, 0.1) is 6.92 Å². The Bertz CT molecular complexity index is 1130. The maximum atomic E-state index is 12.5. The van der Waals surface area contributed by atoms with E-state index < -0.39 is 22.5 Å². The van der Waals surface area contributed by atoms with Gasteiger partial charge in [-0.25, -0.2) is 18.1 Å². The highest BCUT2D eigenvalue weighted by Crippen LogP contribution is 2.29. The topological polar surface area (TPSA) is 107 Å². The van der Waals surface area contributed by atoms with Gasteiger partial charge in [-0.3, -0.25) is 4.79 Å². The van der Waals surface area contributed by atoms with Gasteiger partial charge in [0.25, 0.3) is 0 Å². The predicted molar refractivity (Wildman–Crippen MR) is 108 cm³/mol. The van der Waals surface area contributed by atoms with E-state index in [9.17, 15) is 13.2 Å². The average Bonchev–Trinajstić information content (AvgIpc) is 3.05. The first kappa shape index (κ1) is 20.1. The maximum Gasteiger partial charge on any atom is 0.241 e. The summed E-state index contributed by atoms with van der Waals surface area (Å²) in [7, 11) is -0.874. The van der Waals surface area contributed by atoms with Crippen LogP contribution in [-0.4, -0.2) is 40.1 Å². The molecule has 0 bridgehead atoms. The van der Waals surface area contributed by atoms with E-state index in [1.54, 1.807) is 30.3 Å². The molecule has 10 heteroatoms. The van der Waals surface area contributed by atoms with Crippen LogP contribution >= 0.6 is 11.3 Å². The van der Waals surface area contributed by atoms with Crippen molar-refractivity contribution in [2.75, 3.05) is 26.1 Å². The Morgan fingerprint density at radius 3 is 2.64 bits per heavy atom. The first-order chi connectivity index (χ1) is 13.3. The molecule has 0 fully saturated rings. The molecule has 0 spiro atoms. The van der Waals surface area contributed by atoms with Crippen molar-refractivity contribution in [3.63, 3.8) is 0 Å². The van der Waals surface area contributed by atoms with Crippen molar-refractivity contribution in [1.82, 2.24) is 9.71 Å². The Balaban J connectivity index is 1.70. The van der Waals surface area contributed by atoms with Gasteiger partial charge < -0.3 is 14.8 Å². The third-order valence-corrected chi connectivity index (χ3v) is 6.21. The second-order valence-corrected chi connectivity index (χ2v) is 8.80. The number of hydrogen-bond acceptors (Lipinski definition) is 7. The summed E-state index contributed by atoms with van der Waals surface area (Å²) in [5, 5.41) is 3.47. The molecule has 0 aliphatic heterocycles. The molecular formula is C18H19N3O5S2. The van der Waals surface area contributed by atoms with Crippen LogP contribution in [0.15, 0.2) is 41.3 Å². The third kappa shape index (κ3) is 4.41. The third-order valence-electron chi connectivity index (χ3n) is 3.88. The van der Waals surface area contributed by atoms with E-state index in [1.807, 2.05) is 6.92 Å². The van der Waals surface area contributed by atoms with Crippen LogP contribution in [0.4, 0.5) is 5.69 Å². The number of amides is 1. The molecule has 1 heterocycles. The molecule has 0 unspecified atom stereocenters. The zero-order valence-electron chi connectivity index (χ0n) is 15.5. The van der Waals surface area contributed by atoms with Crippen molar-refractivity contribution >= 4 is 43.2 Å². The Kier molecular flexibility index (Phi) is 5.82. The largest absolute Gasteiger partial charge is 0.497 e. The van der Waals surface area contributed by atoms with E-state index in [-0.39, 0.29) is 4.90 Å². The maximum absolute atomic E-state index is 12.5. The van der Waals surface area contributed by atoms with Crippen molar-refractivity contribution in [3.8, 4) is 11.5 Å². The van der Waals surface area contributed by atoms with Crippen molar-refractivity contribution in [2.24, 2.45) is 0 Å². The van der Waals surface area contributed by atoms with E-state index >= 15 is 0 Å². The van der Waals surface area contributed by atoms with Gasteiger partial charge in [0.15, 0.2) is 0 Å². The highest BCUT2D eigenvalue weighted by atomic mass is 32.2. The molecule has 28 heavy (non-hydrogen) atoms. The predicted octanol–water partition coefficient (Wildman–Crippen LogP) is 2.54. The molecule has 148 valence electrons. The van der Waals surface area contributed by atoms with Gasteiger partial charge in [0.2, 0.25) is 15.9 Å². The molecule has 1 amide bonds. The summed E-state index contributed by atoms with van der Waals surface area (Å²) >= 11 is 1.41. The van der Waals surface area contributed by atoms with Gasteiger partial charge in [0, 0.05) is 6.07 Å². The minimum atomic E-state index is -3.85. The number of carbonyl (C=O) groups excluding carboxylic acids is 1. The molecular weight excluding hydrogens is 402 g/mol. The van der Waals surface area contributed by atoms with E-state index in [0.29, 0.717) is 17.2 Å². The number of nitrogens with zero attached hydrogens (tertiary/aromatic N) is 1. The summed E-state index contributed by atoms with van der Waals surface area (Å²) in [6, 6.07) is 9.58. The molecule has 0 saturated carbocycles. The summed E-state index contributed by atoms with van der Waals surface area (Å²) in [5.74, 6) is 0.428. The second-order valence-electron chi connectivity index (χ2n) is 5.80. The molecule has 0 atom stereocenters. The average molecular weight is 422 g/mol. The Labute approximate surface area is 166 Å². The SMILES string of the molecule is COc1ccc(OC)c(NC(=O)CNS(=O)(=O)c2ccc3nc(C)sc3c2)c1. The molecule has 1 aromatic heterocycles. The molecule has 3 aromatic rings. The van der Waals surface area contributed by atoms with Gasteiger partial charge in [0.1, 0.15) is 11.5 Å². The summed E-state index contributed by atoms with van der Waals surface area (Å²) < 4.78 is 38.4. The summed E-state index contributed by atoms with van der Waals surface area (Å²) in [6.07, 6.45) is 0. The summed E-state index contributed by atoms with van der Waals surface area (Å²) in [5.41, 5.74) is 1.12. The number of aryl methyl sites for hydroxylation is 1. The fourth-order valence-corrected chi connectivity index (χ4v) is 4.49. The van der Waals surface area contributed by atoms with E-state index in [2.05, 4.69) is 15.0 Å². The molecule has 8 nitrogen and oxygen atoms in total. The molecule has 0 radical (unpaired) electrons. The zero-order chi connectivity index (χ0) is 20.3. The number of benzene rings is 2. The lowest BCUT2D eigenvalue weighted by molar-refractivity contribution is -0.115. The van der Waals surface area contributed by atoms with E-state index in [4.69, 9.17) is 9.47 Å². The number of rotatable bonds is 7. The van der Waals surface area contributed by atoms with Crippen LogP contribution in [0.5, 0.6) is 11.5 Å². The molecule has 2 aromatic carbocycles. The summed E-state index contributed by atoms with van der Waals surface area (Å²) in [6.45, 7) is 1.43. The van der Waals surface area contributed by atoms with Gasteiger partial charge in [-0.05, 0) is 37.3 Å². The first-order valence-corrected chi connectivity index (χ1v) is 10.5. The number of hydrogen-bond donors (Lipinski definition) is 2. The molecule has 0 saturated heterocycles. The molecule has 0 aliphatic rings. The highest BCUT2D eigenvalue weighted by molar-refractivity contribution is 7.89. The number of fused-ring (bicyclic) bond motifs is 1. The van der Waals surface area contributed by atoms with Crippen LogP contribution < -0.4 is 19.5 Å². The lowest BCUT2D eigenvalue weighted by Crippen LogP contribution is -2.33. The molecule has 2 N–H and O–H groups in total. The van der Waals surface area contributed by atoms with Gasteiger partial charge in [-0.1, -0.05) is 0 Å². The Morgan fingerprint density at radius 2 is 1.93 bits per heavy atom. The van der Waals surface area contributed by atoms with E-state index in [0.717, 1.165) is 15.2 Å². The second kappa shape index (κ2) is 8.13. The van der Waals surface area contributed by atoms with Crippen LogP contribution in [0.1, 0.15) is 5.01 Å². The van der Waals surface area contributed by atoms with Crippen molar-refractivity contribution in [1.29, 1.82) is 0 Å². The van der Waals surface area contributed by atoms with Crippen molar-refractivity contribution in [3.05, 3.63) is 41.4 Å². The number of aromatic nitrogens is 1. The number of nitrogens with one attached hydrogen (secondary N) is 2. The number of carbonyl (C=O) groups is 1. The highest BCUT2D eigenvalue weighted by Gasteiger charge is 2.18. The smallest absolute Gasteiger partial charge is 0.241 e. The zero-order valence-corrected chi connectivity index (χ0v) is 17.1. The first-order valence-electron chi connectivity index (χ1n) is 8.21. The van der Waals surface area contributed by atoms with Crippen LogP contribution in [-0.2, 0) is 14.8 Å². The lowest BCUT2D eigenvalue weighted by Gasteiger charge is -2.12.